The SMILES string of the molecule is Cc1cc(NC(=O)[C@@H](C)Oc2ccccc2C(C)C)ccc1Br. The van der Waals surface area contributed by atoms with Gasteiger partial charge in [-0.05, 0) is 55.2 Å². The van der Waals surface area contributed by atoms with Crippen LogP contribution in [0.15, 0.2) is 46.9 Å². The molecule has 1 N–H and O–H groups in total. The molecule has 0 radical (unpaired) electrons. The van der Waals surface area contributed by atoms with E-state index in [9.17, 15) is 4.79 Å². The smallest absolute Gasteiger partial charge is 0.265 e. The Bertz CT molecular complexity index is 698. The van der Waals surface area contributed by atoms with Gasteiger partial charge in [0.25, 0.3) is 5.91 Å². The zero-order valence-corrected chi connectivity index (χ0v) is 15.5. The lowest BCUT2D eigenvalue weighted by molar-refractivity contribution is -0.122. The topological polar surface area (TPSA) is 38.3 Å². The molecule has 0 saturated heterocycles. The van der Waals surface area contributed by atoms with Gasteiger partial charge in [0, 0.05) is 10.2 Å². The number of hydrogen-bond acceptors (Lipinski definition) is 2. The van der Waals surface area contributed by atoms with Crippen LogP contribution in [0.3, 0.4) is 0 Å². The van der Waals surface area contributed by atoms with Crippen molar-refractivity contribution >= 4 is 27.5 Å². The van der Waals surface area contributed by atoms with Crippen LogP contribution in [0.4, 0.5) is 5.69 Å². The molecule has 2 aromatic rings. The number of anilines is 1. The highest BCUT2D eigenvalue weighted by Crippen LogP contribution is 2.27. The van der Waals surface area contributed by atoms with Crippen LogP contribution < -0.4 is 10.1 Å². The lowest BCUT2D eigenvalue weighted by Crippen LogP contribution is -2.30. The fourth-order valence-corrected chi connectivity index (χ4v) is 2.52. The molecule has 4 heteroatoms. The van der Waals surface area contributed by atoms with Crippen molar-refractivity contribution in [3.05, 3.63) is 58.1 Å². The Morgan fingerprint density at radius 3 is 2.48 bits per heavy atom. The number of hydrogen-bond donors (Lipinski definition) is 1. The highest BCUT2D eigenvalue weighted by Gasteiger charge is 2.17. The van der Waals surface area contributed by atoms with Crippen molar-refractivity contribution in [1.29, 1.82) is 0 Å². The minimum Gasteiger partial charge on any atom is -0.481 e. The maximum absolute atomic E-state index is 12.3. The summed E-state index contributed by atoms with van der Waals surface area (Å²) in [6.07, 6.45) is -0.571. The zero-order chi connectivity index (χ0) is 17.0. The Balaban J connectivity index is 2.07. The van der Waals surface area contributed by atoms with Gasteiger partial charge < -0.3 is 10.1 Å². The van der Waals surface area contributed by atoms with E-state index in [0.29, 0.717) is 5.92 Å². The van der Waals surface area contributed by atoms with Crippen molar-refractivity contribution in [1.82, 2.24) is 0 Å². The summed E-state index contributed by atoms with van der Waals surface area (Å²) in [6.45, 7) is 7.96. The number of para-hydroxylation sites is 1. The van der Waals surface area contributed by atoms with E-state index in [-0.39, 0.29) is 5.91 Å². The summed E-state index contributed by atoms with van der Waals surface area (Å²) in [7, 11) is 0. The number of nitrogens with one attached hydrogen (secondary N) is 1. The Labute approximate surface area is 146 Å². The first-order valence-corrected chi connectivity index (χ1v) is 8.50. The van der Waals surface area contributed by atoms with Crippen molar-refractivity contribution in [2.75, 3.05) is 5.32 Å². The van der Waals surface area contributed by atoms with Gasteiger partial charge in [0.15, 0.2) is 6.10 Å². The second kappa shape index (κ2) is 7.64. The van der Waals surface area contributed by atoms with Gasteiger partial charge in [0.2, 0.25) is 0 Å². The largest absolute Gasteiger partial charge is 0.481 e. The fourth-order valence-electron chi connectivity index (χ4n) is 2.28. The van der Waals surface area contributed by atoms with E-state index < -0.39 is 6.10 Å². The first-order valence-electron chi connectivity index (χ1n) is 7.71. The van der Waals surface area contributed by atoms with Gasteiger partial charge in [-0.25, -0.2) is 0 Å². The summed E-state index contributed by atoms with van der Waals surface area (Å²) in [5, 5.41) is 2.89. The third-order valence-corrected chi connectivity index (χ3v) is 4.53. The van der Waals surface area contributed by atoms with Gasteiger partial charge in [0.05, 0.1) is 0 Å². The second-order valence-corrected chi connectivity index (χ2v) is 6.76. The van der Waals surface area contributed by atoms with Gasteiger partial charge in [-0.1, -0.05) is 48.0 Å². The second-order valence-electron chi connectivity index (χ2n) is 5.91. The summed E-state index contributed by atoms with van der Waals surface area (Å²) in [5.74, 6) is 0.943. The van der Waals surface area contributed by atoms with Crippen LogP contribution in [0.2, 0.25) is 0 Å². The third kappa shape index (κ3) is 4.58. The van der Waals surface area contributed by atoms with E-state index in [2.05, 4.69) is 35.1 Å². The minimum absolute atomic E-state index is 0.162. The first-order chi connectivity index (χ1) is 10.9. The molecule has 0 heterocycles. The Morgan fingerprint density at radius 1 is 1.13 bits per heavy atom. The third-order valence-electron chi connectivity index (χ3n) is 3.64. The molecular formula is C19H22BrNO2. The Kier molecular flexibility index (Phi) is 5.83. The molecule has 2 rings (SSSR count). The van der Waals surface area contributed by atoms with Gasteiger partial charge in [-0.15, -0.1) is 0 Å². The molecule has 0 aromatic heterocycles. The first kappa shape index (κ1) is 17.5. The lowest BCUT2D eigenvalue weighted by atomic mass is 10.0. The zero-order valence-electron chi connectivity index (χ0n) is 13.9. The molecule has 0 aliphatic heterocycles. The molecule has 0 spiro atoms. The van der Waals surface area contributed by atoms with Crippen LogP contribution >= 0.6 is 15.9 Å². The van der Waals surface area contributed by atoms with E-state index in [1.54, 1.807) is 6.92 Å². The number of aryl methyl sites for hydroxylation is 1. The van der Waals surface area contributed by atoms with Crippen molar-refractivity contribution in [3.8, 4) is 5.75 Å². The van der Waals surface area contributed by atoms with Gasteiger partial charge >= 0.3 is 0 Å². The lowest BCUT2D eigenvalue weighted by Gasteiger charge is -2.19. The average molecular weight is 376 g/mol. The molecule has 1 amide bonds. The molecule has 2 aromatic carbocycles. The van der Waals surface area contributed by atoms with Crippen molar-refractivity contribution < 1.29 is 9.53 Å². The fraction of sp³-hybridized carbons (Fsp3) is 0.316. The molecule has 23 heavy (non-hydrogen) atoms. The number of benzene rings is 2. The van der Waals surface area contributed by atoms with Crippen LogP contribution in [0.1, 0.15) is 37.8 Å². The summed E-state index contributed by atoms with van der Waals surface area (Å²) < 4.78 is 6.89. The molecule has 1 atom stereocenters. The number of halogens is 1. The van der Waals surface area contributed by atoms with Crippen LogP contribution in [-0.4, -0.2) is 12.0 Å². The number of carbonyl (C=O) groups is 1. The molecular weight excluding hydrogens is 354 g/mol. The predicted octanol–water partition coefficient (Wildman–Crippen LogP) is 5.29. The summed E-state index contributed by atoms with van der Waals surface area (Å²) in [5.41, 5.74) is 2.94. The summed E-state index contributed by atoms with van der Waals surface area (Å²) in [4.78, 5) is 12.3. The Hall–Kier alpha value is -1.81. The van der Waals surface area contributed by atoms with Crippen LogP contribution in [0.5, 0.6) is 5.75 Å². The maximum Gasteiger partial charge on any atom is 0.265 e. The van der Waals surface area contributed by atoms with Crippen LogP contribution in [0, 0.1) is 6.92 Å². The summed E-state index contributed by atoms with van der Waals surface area (Å²) in [6, 6.07) is 13.6. The molecule has 0 aliphatic rings. The maximum atomic E-state index is 12.3. The summed E-state index contributed by atoms with van der Waals surface area (Å²) >= 11 is 3.45. The van der Waals surface area contributed by atoms with Gasteiger partial charge in [0.1, 0.15) is 5.75 Å². The molecule has 3 nitrogen and oxygen atoms in total. The van der Waals surface area contributed by atoms with Crippen molar-refractivity contribution in [2.24, 2.45) is 0 Å². The van der Waals surface area contributed by atoms with Crippen LogP contribution in [0.25, 0.3) is 0 Å². The molecule has 122 valence electrons. The number of amides is 1. The van der Waals surface area contributed by atoms with E-state index in [1.807, 2.05) is 49.4 Å². The quantitative estimate of drug-likeness (QED) is 0.770. The van der Waals surface area contributed by atoms with E-state index in [1.165, 1.54) is 0 Å². The van der Waals surface area contributed by atoms with Gasteiger partial charge in [-0.3, -0.25) is 4.79 Å². The minimum atomic E-state index is -0.571. The predicted molar refractivity (Wildman–Crippen MR) is 98.1 cm³/mol. The van der Waals surface area contributed by atoms with Gasteiger partial charge in [-0.2, -0.15) is 0 Å². The number of ether oxygens (including phenoxy) is 1. The van der Waals surface area contributed by atoms with E-state index in [0.717, 1.165) is 27.0 Å². The highest BCUT2D eigenvalue weighted by atomic mass is 79.9. The van der Waals surface area contributed by atoms with E-state index >= 15 is 0 Å². The standard InChI is InChI=1S/C19H22BrNO2/c1-12(2)16-7-5-6-8-18(16)23-14(4)19(22)21-15-9-10-17(20)13(3)11-15/h5-12,14H,1-4H3,(H,21,22)/t14-/m1/s1. The number of rotatable bonds is 5. The average Bonchev–Trinajstić information content (AvgIpc) is 2.51. The highest BCUT2D eigenvalue weighted by molar-refractivity contribution is 9.10. The molecule has 0 saturated carbocycles. The van der Waals surface area contributed by atoms with E-state index in [4.69, 9.17) is 4.74 Å². The van der Waals surface area contributed by atoms with Crippen LogP contribution in [-0.2, 0) is 4.79 Å². The van der Waals surface area contributed by atoms with Crippen molar-refractivity contribution in [3.63, 3.8) is 0 Å². The van der Waals surface area contributed by atoms with Crippen molar-refractivity contribution in [2.45, 2.75) is 39.7 Å². The molecule has 0 aliphatic carbocycles. The monoisotopic (exact) mass is 375 g/mol. The number of carbonyl (C=O) groups excluding carboxylic acids is 1. The molecule has 0 fully saturated rings. The molecule has 0 bridgehead atoms. The Morgan fingerprint density at radius 2 is 1.83 bits per heavy atom. The normalized spacial score (nSPS) is 12.1. The molecule has 0 unspecified atom stereocenters.